The van der Waals surface area contributed by atoms with Gasteiger partial charge < -0.3 is 14.0 Å². The van der Waals surface area contributed by atoms with Gasteiger partial charge in [0.15, 0.2) is 5.79 Å². The van der Waals surface area contributed by atoms with Gasteiger partial charge in [-0.2, -0.15) is 0 Å². The van der Waals surface area contributed by atoms with E-state index in [9.17, 15) is 13.0 Å². The van der Waals surface area contributed by atoms with E-state index < -0.39 is 16.2 Å². The number of hydrogen-bond acceptors (Lipinski definition) is 6. The summed E-state index contributed by atoms with van der Waals surface area (Å²) < 4.78 is 47.4. The first kappa shape index (κ1) is 29.8. The molecule has 6 nitrogen and oxygen atoms in total. The molecule has 0 radical (unpaired) electrons. The zero-order valence-electron chi connectivity index (χ0n) is 19.1. The predicted octanol–water partition coefficient (Wildman–Crippen LogP) is 2.47. The summed E-state index contributed by atoms with van der Waals surface area (Å²) in [6.45, 7) is 6.25. The van der Waals surface area contributed by atoms with Gasteiger partial charge in [0, 0.05) is 0 Å². The van der Waals surface area contributed by atoms with E-state index in [-0.39, 0.29) is 48.4 Å². The van der Waals surface area contributed by atoms with Crippen molar-refractivity contribution < 1.29 is 56.2 Å². The van der Waals surface area contributed by atoms with Crippen LogP contribution in [0.5, 0.6) is 0 Å². The third kappa shape index (κ3) is 16.1. The Hall–Kier alpha value is 0.790. The van der Waals surface area contributed by atoms with Crippen molar-refractivity contribution in [3.8, 4) is 0 Å². The zero-order chi connectivity index (χ0) is 20.9. The largest absolute Gasteiger partial charge is 1.00 e. The average Bonchev–Trinajstić information content (AvgIpc) is 2.89. The second kappa shape index (κ2) is 16.4. The molecule has 1 rings (SSSR count). The van der Waals surface area contributed by atoms with Crippen molar-refractivity contribution in [1.29, 1.82) is 0 Å². The Kier molecular flexibility index (Phi) is 16.9. The summed E-state index contributed by atoms with van der Waals surface area (Å²) in [6.07, 6.45) is 16.2. The van der Waals surface area contributed by atoms with E-state index in [4.69, 9.17) is 9.47 Å². The summed E-state index contributed by atoms with van der Waals surface area (Å²) in [5, 5.41) is 0. The Morgan fingerprint density at radius 1 is 0.793 bits per heavy atom. The van der Waals surface area contributed by atoms with E-state index in [0.29, 0.717) is 6.42 Å². The van der Waals surface area contributed by atoms with E-state index >= 15 is 0 Å². The van der Waals surface area contributed by atoms with Crippen molar-refractivity contribution in [3.05, 3.63) is 0 Å². The monoisotopic (exact) mass is 444 g/mol. The summed E-state index contributed by atoms with van der Waals surface area (Å²) in [6, 6.07) is 0. The summed E-state index contributed by atoms with van der Waals surface area (Å²) in [7, 11) is -4.54. The minimum atomic E-state index is -4.54. The van der Waals surface area contributed by atoms with Crippen LogP contribution in [-0.4, -0.2) is 37.6 Å². The minimum absolute atomic E-state index is 0. The molecule has 0 N–H and O–H groups in total. The second-order valence-electron chi connectivity index (χ2n) is 8.41. The van der Waals surface area contributed by atoms with Crippen LogP contribution in [0, 0.1) is 0 Å². The molecule has 168 valence electrons. The van der Waals surface area contributed by atoms with Crippen molar-refractivity contribution in [2.24, 2.45) is 0 Å². The Morgan fingerprint density at radius 2 is 1.21 bits per heavy atom. The van der Waals surface area contributed by atoms with E-state index in [1.165, 1.54) is 38.5 Å². The van der Waals surface area contributed by atoms with E-state index in [0.717, 1.165) is 44.9 Å². The molecule has 1 fully saturated rings. The van der Waals surface area contributed by atoms with Crippen LogP contribution < -0.4 is 29.6 Å². The SMILES string of the molecule is CCCCCCCC[C@@H]1OC(C)(C)O[C@H]1CCCCCCCCOS(=O)(=O)[O-].[Na+]. The maximum Gasteiger partial charge on any atom is 1.00 e. The molecule has 8 heteroatoms. The quantitative estimate of drug-likeness (QED) is 0.148. The maximum atomic E-state index is 10.3. The van der Waals surface area contributed by atoms with Crippen LogP contribution in [0.2, 0.25) is 0 Å². The first-order chi connectivity index (χ1) is 13.2. The van der Waals surface area contributed by atoms with Gasteiger partial charge in [0.05, 0.1) is 18.8 Å². The van der Waals surface area contributed by atoms with Gasteiger partial charge in [0.25, 0.3) is 0 Å². The molecule has 0 spiro atoms. The first-order valence-electron chi connectivity index (χ1n) is 11.2. The summed E-state index contributed by atoms with van der Waals surface area (Å²) in [4.78, 5) is 0. The molecular weight excluding hydrogens is 403 g/mol. The molecule has 2 atom stereocenters. The van der Waals surface area contributed by atoms with Crippen LogP contribution in [-0.2, 0) is 24.1 Å². The molecule has 0 amide bonds. The van der Waals surface area contributed by atoms with E-state index in [1.807, 2.05) is 13.8 Å². The fourth-order valence-corrected chi connectivity index (χ4v) is 4.16. The number of rotatable bonds is 17. The molecule has 0 bridgehead atoms. The van der Waals surface area contributed by atoms with Gasteiger partial charge >= 0.3 is 29.6 Å². The van der Waals surface area contributed by atoms with Crippen molar-refractivity contribution in [2.45, 2.75) is 129 Å². The molecule has 29 heavy (non-hydrogen) atoms. The molecule has 0 aromatic rings. The third-order valence-electron chi connectivity index (χ3n) is 5.24. The molecular formula is C21H41NaO6S. The second-order valence-corrected chi connectivity index (χ2v) is 9.46. The summed E-state index contributed by atoms with van der Waals surface area (Å²) >= 11 is 0. The van der Waals surface area contributed by atoms with Crippen molar-refractivity contribution in [3.63, 3.8) is 0 Å². The maximum absolute atomic E-state index is 10.3. The Bertz CT molecular complexity index is 497. The average molecular weight is 445 g/mol. The molecule has 0 unspecified atom stereocenters. The van der Waals surface area contributed by atoms with Crippen LogP contribution in [0.25, 0.3) is 0 Å². The van der Waals surface area contributed by atoms with E-state index in [1.54, 1.807) is 0 Å². The fraction of sp³-hybridized carbons (Fsp3) is 1.00. The van der Waals surface area contributed by atoms with Crippen molar-refractivity contribution in [1.82, 2.24) is 0 Å². The van der Waals surface area contributed by atoms with Crippen LogP contribution in [0.1, 0.15) is 111 Å². The normalized spacial score (nSPS) is 21.2. The first-order valence-corrected chi connectivity index (χ1v) is 12.5. The van der Waals surface area contributed by atoms with Crippen molar-refractivity contribution >= 4 is 10.4 Å². The molecule has 1 aliphatic rings. The fourth-order valence-electron chi connectivity index (χ4n) is 3.84. The van der Waals surface area contributed by atoms with Gasteiger partial charge in [0.1, 0.15) is 0 Å². The number of unbranched alkanes of at least 4 members (excludes halogenated alkanes) is 10. The molecule has 1 aliphatic heterocycles. The van der Waals surface area contributed by atoms with Crippen LogP contribution in [0.15, 0.2) is 0 Å². The Balaban J connectivity index is 0.00000784. The molecule has 1 heterocycles. The number of ether oxygens (including phenoxy) is 2. The van der Waals surface area contributed by atoms with Gasteiger partial charge in [-0.05, 0) is 33.1 Å². The molecule has 0 aromatic carbocycles. The van der Waals surface area contributed by atoms with Gasteiger partial charge in [0.2, 0.25) is 10.4 Å². The number of hydrogen-bond donors (Lipinski definition) is 0. The minimum Gasteiger partial charge on any atom is -0.726 e. The van der Waals surface area contributed by atoms with Crippen molar-refractivity contribution in [2.75, 3.05) is 6.61 Å². The molecule has 0 aromatic heterocycles. The van der Waals surface area contributed by atoms with Crippen LogP contribution in [0.4, 0.5) is 0 Å². The topological polar surface area (TPSA) is 84.9 Å². The molecule has 0 aliphatic carbocycles. The van der Waals surface area contributed by atoms with Gasteiger partial charge in [-0.25, -0.2) is 8.42 Å². The Labute approximate surface area is 201 Å². The summed E-state index contributed by atoms with van der Waals surface area (Å²) in [5.41, 5.74) is 0. The molecule has 1 saturated heterocycles. The smallest absolute Gasteiger partial charge is 0.726 e. The van der Waals surface area contributed by atoms with Gasteiger partial charge in [-0.15, -0.1) is 0 Å². The molecule has 0 saturated carbocycles. The van der Waals surface area contributed by atoms with Gasteiger partial charge in [-0.1, -0.05) is 77.6 Å². The Morgan fingerprint density at radius 3 is 1.66 bits per heavy atom. The standard InChI is InChI=1S/C21H42O6S.Na/c1-4-5-6-7-10-13-16-19-20(27-21(2,3)26-19)17-14-11-8-9-12-15-18-25-28(22,23)24;/h19-20H,4-18H2,1-3H3,(H,22,23,24);/q;+1/p-1/t19-,20-;/m0./s1. The zero-order valence-corrected chi connectivity index (χ0v) is 21.9. The van der Waals surface area contributed by atoms with E-state index in [2.05, 4.69) is 11.1 Å². The van der Waals surface area contributed by atoms with Gasteiger partial charge in [-0.3, -0.25) is 4.18 Å². The third-order valence-corrected chi connectivity index (χ3v) is 5.69. The predicted molar refractivity (Wildman–Crippen MR) is 110 cm³/mol. The summed E-state index contributed by atoms with van der Waals surface area (Å²) in [5.74, 6) is -0.473. The van der Waals surface area contributed by atoms with Crippen LogP contribution in [0.3, 0.4) is 0 Å². The van der Waals surface area contributed by atoms with Crippen LogP contribution >= 0.6 is 0 Å².